The molecule has 0 saturated heterocycles. The predicted molar refractivity (Wildman–Crippen MR) is 43.7 cm³/mol. The van der Waals surface area contributed by atoms with Gasteiger partial charge in [-0.2, -0.15) is 26.3 Å². The van der Waals surface area contributed by atoms with Crippen molar-refractivity contribution in [2.24, 2.45) is 0 Å². The van der Waals surface area contributed by atoms with E-state index in [1.54, 1.807) is 0 Å². The highest BCUT2D eigenvalue weighted by Gasteiger charge is 2.55. The number of rotatable bonds is 0. The van der Waals surface area contributed by atoms with E-state index in [2.05, 4.69) is 0 Å². The molecule has 3 nitrogen and oxygen atoms in total. The fourth-order valence-electron chi connectivity index (χ4n) is 0.955. The zero-order valence-electron chi connectivity index (χ0n) is 9.03. The number of amides is 2. The molecule has 0 radical (unpaired) electrons. The fourth-order valence-corrected chi connectivity index (χ4v) is 0.955. The first-order valence-electron chi connectivity index (χ1n) is 4.21. The lowest BCUT2D eigenvalue weighted by Gasteiger charge is -2.34. The molecule has 0 aromatic heterocycles. The summed E-state index contributed by atoms with van der Waals surface area (Å²) in [5.41, 5.74) is -1.93. The van der Waals surface area contributed by atoms with Crippen LogP contribution in [0.15, 0.2) is 0 Å². The third kappa shape index (κ3) is 3.90. The van der Waals surface area contributed by atoms with E-state index in [1.807, 2.05) is 0 Å². The van der Waals surface area contributed by atoms with Gasteiger partial charge < -0.3 is 0 Å². The molecule has 0 aliphatic rings. The molecule has 0 aliphatic carbocycles. The molecule has 0 aromatic rings. The number of carbonyl (C=O) groups is 2. The van der Waals surface area contributed by atoms with E-state index >= 15 is 0 Å². The van der Waals surface area contributed by atoms with Gasteiger partial charge in [0, 0.05) is 5.54 Å². The number of halogens is 6. The quantitative estimate of drug-likeness (QED) is 0.630. The van der Waals surface area contributed by atoms with Crippen LogP contribution in [0.1, 0.15) is 20.8 Å². The fraction of sp³-hybridized carbons (Fsp3) is 0.750. The summed E-state index contributed by atoms with van der Waals surface area (Å²) in [6.45, 7) is 2.67. The van der Waals surface area contributed by atoms with Crippen LogP contribution in [0.5, 0.6) is 0 Å². The Balaban J connectivity index is 5.50. The molecule has 0 unspecified atom stereocenters. The van der Waals surface area contributed by atoms with Crippen LogP contribution < -0.4 is 0 Å². The third-order valence-electron chi connectivity index (χ3n) is 1.56. The Labute approximate surface area is 92.4 Å². The molecule has 0 saturated carbocycles. The van der Waals surface area contributed by atoms with Crippen LogP contribution in [0.4, 0.5) is 26.3 Å². The molecule has 0 spiro atoms. The summed E-state index contributed by atoms with van der Waals surface area (Å²) in [6.07, 6.45) is -11.1. The smallest absolute Gasteiger partial charge is 0.264 e. The minimum absolute atomic E-state index is 0.840. The predicted octanol–water partition coefficient (Wildman–Crippen LogP) is 2.26. The zero-order chi connectivity index (χ0) is 14.2. The first kappa shape index (κ1) is 15.7. The Kier molecular flexibility index (Phi) is 3.87. The van der Waals surface area contributed by atoms with E-state index in [-0.39, 0.29) is 0 Å². The van der Waals surface area contributed by atoms with Crippen LogP contribution >= 0.6 is 0 Å². The highest BCUT2D eigenvalue weighted by atomic mass is 19.4. The summed E-state index contributed by atoms with van der Waals surface area (Å²) in [6, 6.07) is 0. The van der Waals surface area contributed by atoms with E-state index in [4.69, 9.17) is 0 Å². The maximum Gasteiger partial charge on any atom is 0.471 e. The Bertz CT molecular complexity index is 298. The Hall–Kier alpha value is -1.28. The van der Waals surface area contributed by atoms with Crippen LogP contribution in [0.3, 0.4) is 0 Å². The molecule has 100 valence electrons. The van der Waals surface area contributed by atoms with Crippen LogP contribution in [0.25, 0.3) is 0 Å². The summed E-state index contributed by atoms with van der Waals surface area (Å²) in [5.74, 6) is -5.68. The van der Waals surface area contributed by atoms with Gasteiger partial charge in [0.25, 0.3) is 0 Å². The van der Waals surface area contributed by atoms with Gasteiger partial charge in [0.1, 0.15) is 0 Å². The van der Waals surface area contributed by atoms with Crippen LogP contribution in [0, 0.1) is 0 Å². The lowest BCUT2D eigenvalue weighted by atomic mass is 10.1. The van der Waals surface area contributed by atoms with Gasteiger partial charge in [-0.1, -0.05) is 0 Å². The molecule has 0 aliphatic heterocycles. The zero-order valence-corrected chi connectivity index (χ0v) is 9.03. The monoisotopic (exact) mass is 265 g/mol. The SMILES string of the molecule is CC(C)(C)N(C(=O)C(F)(F)F)C(=O)C(F)(F)F. The summed E-state index contributed by atoms with van der Waals surface area (Å²) in [7, 11) is 0. The summed E-state index contributed by atoms with van der Waals surface area (Å²) < 4.78 is 72.4. The molecule has 0 aromatic carbocycles. The highest BCUT2D eigenvalue weighted by molar-refractivity contribution is 6.00. The molecule has 0 heterocycles. The van der Waals surface area contributed by atoms with Crippen molar-refractivity contribution in [3.8, 4) is 0 Å². The molecule has 2 amide bonds. The number of imide groups is 1. The summed E-state index contributed by atoms with van der Waals surface area (Å²) in [4.78, 5) is 20.7. The van der Waals surface area contributed by atoms with Gasteiger partial charge >= 0.3 is 24.2 Å². The summed E-state index contributed by atoms with van der Waals surface area (Å²) >= 11 is 0. The van der Waals surface area contributed by atoms with Crippen molar-refractivity contribution in [2.75, 3.05) is 0 Å². The van der Waals surface area contributed by atoms with E-state index in [0.29, 0.717) is 0 Å². The minimum Gasteiger partial charge on any atom is -0.264 e. The van der Waals surface area contributed by atoms with Crippen molar-refractivity contribution in [1.82, 2.24) is 4.90 Å². The first-order chi connectivity index (χ1) is 7.19. The largest absolute Gasteiger partial charge is 0.471 e. The maximum atomic E-state index is 12.1. The first-order valence-corrected chi connectivity index (χ1v) is 4.21. The van der Waals surface area contributed by atoms with Crippen molar-refractivity contribution >= 4 is 11.8 Å². The van der Waals surface area contributed by atoms with Gasteiger partial charge in [0.2, 0.25) is 0 Å². The van der Waals surface area contributed by atoms with Gasteiger partial charge in [-0.05, 0) is 20.8 Å². The van der Waals surface area contributed by atoms with E-state index < -0.39 is 34.6 Å². The number of alkyl halides is 6. The molecule has 0 fully saturated rings. The Morgan fingerprint density at radius 3 is 1.12 bits per heavy atom. The van der Waals surface area contributed by atoms with Gasteiger partial charge in [-0.15, -0.1) is 0 Å². The molecular formula is C8H9F6NO2. The second-order valence-corrected chi connectivity index (χ2v) is 4.11. The standard InChI is InChI=1S/C8H9F6NO2/c1-6(2,3)15(4(16)7(9,10)11)5(17)8(12,13)14/h1-3H3. The van der Waals surface area contributed by atoms with Gasteiger partial charge in [0.05, 0.1) is 0 Å². The number of hydrogen-bond donors (Lipinski definition) is 0. The summed E-state index contributed by atoms with van der Waals surface area (Å²) in [5, 5.41) is 0. The Morgan fingerprint density at radius 1 is 0.765 bits per heavy atom. The van der Waals surface area contributed by atoms with Crippen molar-refractivity contribution < 1.29 is 35.9 Å². The number of nitrogens with zero attached hydrogens (tertiary/aromatic N) is 1. The average molecular weight is 265 g/mol. The van der Waals surface area contributed by atoms with Crippen molar-refractivity contribution in [2.45, 2.75) is 38.7 Å². The van der Waals surface area contributed by atoms with Gasteiger partial charge in [-0.3, -0.25) is 14.5 Å². The molecular weight excluding hydrogens is 256 g/mol. The molecule has 17 heavy (non-hydrogen) atoms. The molecule has 0 atom stereocenters. The normalized spacial score (nSPS) is 13.5. The number of carbonyl (C=O) groups excluding carboxylic acids is 2. The number of hydrogen-bond acceptors (Lipinski definition) is 2. The van der Waals surface area contributed by atoms with Crippen LogP contribution in [-0.4, -0.2) is 34.6 Å². The highest BCUT2D eigenvalue weighted by Crippen LogP contribution is 2.29. The lowest BCUT2D eigenvalue weighted by Crippen LogP contribution is -2.57. The second kappa shape index (κ2) is 4.19. The van der Waals surface area contributed by atoms with Crippen molar-refractivity contribution in [1.29, 1.82) is 0 Å². The van der Waals surface area contributed by atoms with Crippen molar-refractivity contribution in [3.63, 3.8) is 0 Å². The van der Waals surface area contributed by atoms with Crippen LogP contribution in [0.2, 0.25) is 0 Å². The Morgan fingerprint density at radius 2 is 1.00 bits per heavy atom. The second-order valence-electron chi connectivity index (χ2n) is 4.11. The molecule has 0 rings (SSSR count). The lowest BCUT2D eigenvalue weighted by molar-refractivity contribution is -0.210. The van der Waals surface area contributed by atoms with Gasteiger partial charge in [0.15, 0.2) is 0 Å². The van der Waals surface area contributed by atoms with E-state index in [0.717, 1.165) is 20.8 Å². The van der Waals surface area contributed by atoms with Crippen LogP contribution in [-0.2, 0) is 9.59 Å². The molecule has 9 heteroatoms. The molecule has 0 N–H and O–H groups in total. The average Bonchev–Trinajstić information content (AvgIpc) is 1.97. The van der Waals surface area contributed by atoms with E-state index in [1.165, 1.54) is 0 Å². The van der Waals surface area contributed by atoms with E-state index in [9.17, 15) is 35.9 Å². The maximum absolute atomic E-state index is 12.1. The minimum atomic E-state index is -5.55. The van der Waals surface area contributed by atoms with Gasteiger partial charge in [-0.25, -0.2) is 0 Å². The molecule has 0 bridgehead atoms. The van der Waals surface area contributed by atoms with Crippen molar-refractivity contribution in [3.05, 3.63) is 0 Å². The topological polar surface area (TPSA) is 37.4 Å². The third-order valence-corrected chi connectivity index (χ3v) is 1.56.